The second kappa shape index (κ2) is 9.66. The van der Waals surface area contributed by atoms with Crippen LogP contribution in [0.4, 0.5) is 20.8 Å². The molecule has 0 unspecified atom stereocenters. The maximum atomic E-state index is 13.5. The summed E-state index contributed by atoms with van der Waals surface area (Å²) in [6.45, 7) is 2.39. The van der Waals surface area contributed by atoms with Crippen molar-refractivity contribution in [2.75, 3.05) is 17.7 Å². The van der Waals surface area contributed by atoms with Crippen molar-refractivity contribution in [3.05, 3.63) is 95.1 Å². The van der Waals surface area contributed by atoms with E-state index in [1.807, 2.05) is 6.92 Å². The van der Waals surface area contributed by atoms with Crippen LogP contribution in [0.1, 0.15) is 22.2 Å². The predicted octanol–water partition coefficient (Wildman–Crippen LogP) is 5.68. The number of carbonyl (C=O) groups excluding carboxylic acids is 1. The Morgan fingerprint density at radius 3 is 2.26 bits per heavy atom. The minimum atomic E-state index is -4.05. The molecule has 0 bridgehead atoms. The van der Waals surface area contributed by atoms with E-state index in [0.717, 1.165) is 23.5 Å². The molecule has 1 aromatic heterocycles. The highest BCUT2D eigenvalue weighted by molar-refractivity contribution is 7.92. The lowest BCUT2D eigenvalue weighted by Gasteiger charge is -2.10. The van der Waals surface area contributed by atoms with Gasteiger partial charge >= 0.3 is 0 Å². The van der Waals surface area contributed by atoms with Crippen molar-refractivity contribution < 1.29 is 22.3 Å². The fraction of sp³-hybridized carbons (Fsp3) is 0.0800. The van der Waals surface area contributed by atoms with Gasteiger partial charge in [-0.15, -0.1) is 11.3 Å². The normalized spacial score (nSPS) is 11.2. The molecule has 0 amide bonds. The maximum Gasteiger partial charge on any atom is 0.211 e. The zero-order valence-corrected chi connectivity index (χ0v) is 19.8. The summed E-state index contributed by atoms with van der Waals surface area (Å²) < 4.78 is 45.8. The molecule has 3 N–H and O–H groups in total. The Bertz CT molecular complexity index is 1420. The molecule has 3 aromatic carbocycles. The minimum Gasteiger partial charge on any atom is -0.494 e. The zero-order valence-electron chi connectivity index (χ0n) is 18.1. The Kier molecular flexibility index (Phi) is 6.67. The average Bonchev–Trinajstić information content (AvgIpc) is 3.17. The van der Waals surface area contributed by atoms with Crippen LogP contribution < -0.4 is 15.8 Å². The highest BCUT2D eigenvalue weighted by Crippen LogP contribution is 2.44. The fourth-order valence-corrected chi connectivity index (χ4v) is 6.28. The monoisotopic (exact) mass is 496 g/mol. The van der Waals surface area contributed by atoms with Gasteiger partial charge in [-0.05, 0) is 67.6 Å². The van der Waals surface area contributed by atoms with Crippen LogP contribution >= 0.6 is 11.3 Å². The molecular formula is C25H21FN2O4S2. The highest BCUT2D eigenvalue weighted by atomic mass is 32.2. The van der Waals surface area contributed by atoms with Gasteiger partial charge in [0, 0.05) is 11.3 Å². The second-order valence-electron chi connectivity index (χ2n) is 7.24. The molecule has 0 saturated carbocycles. The summed E-state index contributed by atoms with van der Waals surface area (Å²) >= 11 is 0.934. The van der Waals surface area contributed by atoms with Crippen LogP contribution in [0.3, 0.4) is 0 Å². The third kappa shape index (κ3) is 4.66. The van der Waals surface area contributed by atoms with E-state index in [4.69, 9.17) is 10.5 Å². The minimum absolute atomic E-state index is 0.0505. The highest BCUT2D eigenvalue weighted by Gasteiger charge is 2.31. The van der Waals surface area contributed by atoms with Crippen molar-refractivity contribution in [3.8, 4) is 5.75 Å². The van der Waals surface area contributed by atoms with E-state index in [-0.39, 0.29) is 30.9 Å². The van der Waals surface area contributed by atoms with Crippen LogP contribution in [0.15, 0.2) is 88.7 Å². The Hall–Kier alpha value is -3.69. The lowest BCUT2D eigenvalue weighted by Crippen LogP contribution is -2.08. The van der Waals surface area contributed by atoms with Gasteiger partial charge in [0.05, 0.1) is 17.2 Å². The maximum absolute atomic E-state index is 13.5. The number of benzene rings is 3. The van der Waals surface area contributed by atoms with E-state index in [0.29, 0.717) is 18.0 Å². The predicted molar refractivity (Wildman–Crippen MR) is 131 cm³/mol. The Morgan fingerprint density at radius 1 is 1.00 bits per heavy atom. The number of ketones is 1. The van der Waals surface area contributed by atoms with Crippen LogP contribution in [-0.2, 0) is 9.84 Å². The van der Waals surface area contributed by atoms with Gasteiger partial charge in [0.2, 0.25) is 15.6 Å². The van der Waals surface area contributed by atoms with E-state index in [2.05, 4.69) is 5.32 Å². The van der Waals surface area contributed by atoms with Crippen molar-refractivity contribution in [2.24, 2.45) is 0 Å². The van der Waals surface area contributed by atoms with Crippen molar-refractivity contribution in [1.82, 2.24) is 0 Å². The van der Waals surface area contributed by atoms with Crippen molar-refractivity contribution in [1.29, 1.82) is 0 Å². The summed E-state index contributed by atoms with van der Waals surface area (Å²) in [5.74, 6) is -0.310. The van der Waals surface area contributed by atoms with Gasteiger partial charge in [-0.1, -0.05) is 18.2 Å². The average molecular weight is 497 g/mol. The number of thiophene rings is 1. The number of nitrogen functional groups attached to an aromatic ring is 1. The van der Waals surface area contributed by atoms with Crippen LogP contribution in [-0.4, -0.2) is 20.8 Å². The summed E-state index contributed by atoms with van der Waals surface area (Å²) in [6.07, 6.45) is 0. The smallest absolute Gasteiger partial charge is 0.211 e. The standard InChI is InChI=1S/C25H21FN2O4S2/c1-2-32-19-14-12-18(13-15-19)28-25-24(34(30,31)20-6-4-3-5-7-20)21(27)23(33-25)22(29)16-8-10-17(26)11-9-16/h3-15,28H,2,27H2,1H3. The Morgan fingerprint density at radius 2 is 1.65 bits per heavy atom. The molecule has 6 nitrogen and oxygen atoms in total. The summed E-state index contributed by atoms with van der Waals surface area (Å²) in [6, 6.07) is 19.8. The molecule has 0 aliphatic heterocycles. The number of hydrogen-bond acceptors (Lipinski definition) is 7. The molecule has 0 fully saturated rings. The van der Waals surface area contributed by atoms with Crippen molar-refractivity contribution in [3.63, 3.8) is 0 Å². The van der Waals surface area contributed by atoms with Gasteiger partial charge in [0.25, 0.3) is 0 Å². The molecule has 0 aliphatic rings. The first-order chi connectivity index (χ1) is 16.3. The van der Waals surface area contributed by atoms with Crippen LogP contribution in [0, 0.1) is 5.82 Å². The number of nitrogens with one attached hydrogen (secondary N) is 1. The van der Waals surface area contributed by atoms with Gasteiger partial charge < -0.3 is 15.8 Å². The number of sulfone groups is 1. The van der Waals surface area contributed by atoms with Gasteiger partial charge in [-0.3, -0.25) is 4.79 Å². The van der Waals surface area contributed by atoms with Crippen LogP contribution in [0.5, 0.6) is 5.75 Å². The number of hydrogen-bond donors (Lipinski definition) is 2. The van der Waals surface area contributed by atoms with Crippen LogP contribution in [0.25, 0.3) is 0 Å². The molecule has 1 heterocycles. The fourth-order valence-electron chi connectivity index (χ4n) is 3.33. The van der Waals surface area contributed by atoms with Gasteiger partial charge in [0.1, 0.15) is 26.3 Å². The SMILES string of the molecule is CCOc1ccc(Nc2sc(C(=O)c3ccc(F)cc3)c(N)c2S(=O)(=O)c2ccccc2)cc1. The van der Waals surface area contributed by atoms with E-state index >= 15 is 0 Å². The van der Waals surface area contributed by atoms with Crippen LogP contribution in [0.2, 0.25) is 0 Å². The molecule has 4 aromatic rings. The molecular weight excluding hydrogens is 475 g/mol. The van der Waals surface area contributed by atoms with E-state index in [1.54, 1.807) is 42.5 Å². The molecule has 0 radical (unpaired) electrons. The van der Waals surface area contributed by atoms with E-state index in [9.17, 15) is 17.6 Å². The summed E-state index contributed by atoms with van der Waals surface area (Å²) in [7, 11) is -4.05. The Labute approximate surface area is 200 Å². The first-order valence-corrected chi connectivity index (χ1v) is 12.6. The third-order valence-corrected chi connectivity index (χ3v) is 8.06. The van der Waals surface area contributed by atoms with E-state index < -0.39 is 21.4 Å². The van der Waals surface area contributed by atoms with Gasteiger partial charge in [0.15, 0.2) is 0 Å². The number of ether oxygens (including phenoxy) is 1. The molecule has 34 heavy (non-hydrogen) atoms. The molecule has 0 saturated heterocycles. The zero-order chi connectivity index (χ0) is 24.3. The summed E-state index contributed by atoms with van der Waals surface area (Å²) in [5.41, 5.74) is 6.93. The molecule has 0 aliphatic carbocycles. The lowest BCUT2D eigenvalue weighted by molar-refractivity contribution is 0.104. The third-order valence-electron chi connectivity index (χ3n) is 4.96. The number of rotatable bonds is 8. The van der Waals surface area contributed by atoms with Crippen molar-refractivity contribution in [2.45, 2.75) is 16.7 Å². The second-order valence-corrected chi connectivity index (χ2v) is 10.1. The topological polar surface area (TPSA) is 98.5 Å². The van der Waals surface area contributed by atoms with E-state index in [1.165, 1.54) is 24.3 Å². The quantitative estimate of drug-likeness (QED) is 0.305. The van der Waals surface area contributed by atoms with Gasteiger partial charge in [-0.25, -0.2) is 12.8 Å². The molecule has 174 valence electrons. The molecule has 0 atom stereocenters. The molecule has 4 rings (SSSR count). The number of nitrogens with two attached hydrogens (primary N) is 1. The summed E-state index contributed by atoms with van der Waals surface area (Å²) in [4.78, 5) is 13.1. The number of carbonyl (C=O) groups is 1. The Balaban J connectivity index is 1.82. The first-order valence-electron chi connectivity index (χ1n) is 10.3. The van der Waals surface area contributed by atoms with Crippen molar-refractivity contribution >= 4 is 43.3 Å². The molecule has 0 spiro atoms. The summed E-state index contributed by atoms with van der Waals surface area (Å²) in [5, 5.41) is 3.29. The first kappa shape index (κ1) is 23.5. The largest absolute Gasteiger partial charge is 0.494 e. The van der Waals surface area contributed by atoms with Gasteiger partial charge in [-0.2, -0.15) is 0 Å². The lowest BCUT2D eigenvalue weighted by atomic mass is 10.1. The number of halogens is 1. The molecule has 9 heteroatoms. The number of anilines is 3.